The van der Waals surface area contributed by atoms with E-state index in [0.717, 1.165) is 11.4 Å². The zero-order chi connectivity index (χ0) is 13.0. The number of hydrogen-bond donors (Lipinski definition) is 2. The number of amidine groups is 1. The lowest BCUT2D eigenvalue weighted by Gasteiger charge is -2.21. The number of nitrogens with zero attached hydrogens (tertiary/aromatic N) is 3. The van der Waals surface area contributed by atoms with E-state index >= 15 is 0 Å². The van der Waals surface area contributed by atoms with Crippen LogP contribution in [0.4, 0.5) is 5.69 Å². The average Bonchev–Trinajstić information content (AvgIpc) is 2.40. The topological polar surface area (TPSA) is 78.9 Å². The van der Waals surface area contributed by atoms with Crippen molar-refractivity contribution in [2.75, 3.05) is 11.9 Å². The zero-order valence-electron chi connectivity index (χ0n) is 10.2. The lowest BCUT2D eigenvalue weighted by atomic mass is 10.2. The molecule has 92 valence electrons. The molecule has 0 saturated carbocycles. The quantitative estimate of drug-likeness (QED) is 0.626. The van der Waals surface area contributed by atoms with Gasteiger partial charge in [0, 0.05) is 25.0 Å². The predicted molar refractivity (Wildman–Crippen MR) is 71.6 cm³/mol. The molecular formula is C13H15N5. The number of nitrogens with two attached hydrogens (primary N) is 1. The van der Waals surface area contributed by atoms with Gasteiger partial charge in [0.1, 0.15) is 5.84 Å². The Balaban J connectivity index is 2.24. The van der Waals surface area contributed by atoms with Crippen molar-refractivity contribution in [3.05, 3.63) is 54.1 Å². The van der Waals surface area contributed by atoms with Crippen molar-refractivity contribution >= 4 is 11.5 Å². The number of rotatable bonds is 4. The van der Waals surface area contributed by atoms with E-state index in [1.54, 1.807) is 24.7 Å². The van der Waals surface area contributed by atoms with Gasteiger partial charge in [0.05, 0.1) is 24.1 Å². The molecule has 3 N–H and O–H groups in total. The Labute approximate surface area is 106 Å². The van der Waals surface area contributed by atoms with Crippen LogP contribution < -0.4 is 10.6 Å². The Morgan fingerprint density at radius 3 is 2.83 bits per heavy atom. The third-order valence-electron chi connectivity index (χ3n) is 2.63. The van der Waals surface area contributed by atoms with Crippen molar-refractivity contribution in [1.29, 1.82) is 5.41 Å². The van der Waals surface area contributed by atoms with Gasteiger partial charge in [-0.25, -0.2) is 0 Å². The van der Waals surface area contributed by atoms with Gasteiger partial charge in [0.25, 0.3) is 0 Å². The van der Waals surface area contributed by atoms with E-state index in [-0.39, 0.29) is 5.84 Å². The van der Waals surface area contributed by atoms with E-state index in [4.69, 9.17) is 11.1 Å². The smallest absolute Gasteiger partial charge is 0.125 e. The van der Waals surface area contributed by atoms with Gasteiger partial charge < -0.3 is 10.6 Å². The van der Waals surface area contributed by atoms with Gasteiger partial charge in [-0.2, -0.15) is 0 Å². The summed E-state index contributed by atoms with van der Waals surface area (Å²) >= 11 is 0. The van der Waals surface area contributed by atoms with Crippen LogP contribution in [0.2, 0.25) is 0 Å². The van der Waals surface area contributed by atoms with Crippen LogP contribution in [0.15, 0.2) is 42.9 Å². The molecule has 0 bridgehead atoms. The van der Waals surface area contributed by atoms with Gasteiger partial charge in [0.15, 0.2) is 0 Å². The molecule has 0 atom stereocenters. The van der Waals surface area contributed by atoms with E-state index in [9.17, 15) is 0 Å². The lowest BCUT2D eigenvalue weighted by molar-refractivity contribution is 0.880. The molecule has 5 heteroatoms. The number of anilines is 1. The van der Waals surface area contributed by atoms with Gasteiger partial charge in [-0.15, -0.1) is 0 Å². The van der Waals surface area contributed by atoms with Crippen molar-refractivity contribution in [1.82, 2.24) is 9.97 Å². The Kier molecular flexibility index (Phi) is 3.52. The number of pyridine rings is 2. The fourth-order valence-electron chi connectivity index (χ4n) is 1.74. The molecule has 0 aromatic carbocycles. The van der Waals surface area contributed by atoms with Crippen LogP contribution in [0.3, 0.4) is 0 Å². The highest BCUT2D eigenvalue weighted by Gasteiger charge is 2.10. The second-order valence-corrected chi connectivity index (χ2v) is 3.98. The van der Waals surface area contributed by atoms with Gasteiger partial charge in [-0.05, 0) is 18.2 Å². The SMILES string of the molecule is CN(Cc1ccccn1)c1cnccc1C(=N)N. The van der Waals surface area contributed by atoms with Gasteiger partial charge in [0.2, 0.25) is 0 Å². The molecule has 2 aromatic heterocycles. The lowest BCUT2D eigenvalue weighted by Crippen LogP contribution is -2.22. The first-order chi connectivity index (χ1) is 8.68. The van der Waals surface area contributed by atoms with Crippen LogP contribution in [-0.2, 0) is 6.54 Å². The molecule has 0 fully saturated rings. The fraction of sp³-hybridized carbons (Fsp3) is 0.154. The molecule has 0 radical (unpaired) electrons. The molecule has 2 heterocycles. The van der Waals surface area contributed by atoms with Crippen molar-refractivity contribution in [2.24, 2.45) is 5.73 Å². The molecular weight excluding hydrogens is 226 g/mol. The highest BCUT2D eigenvalue weighted by molar-refractivity contribution is 6.00. The Morgan fingerprint density at radius 2 is 2.17 bits per heavy atom. The minimum Gasteiger partial charge on any atom is -0.384 e. The summed E-state index contributed by atoms with van der Waals surface area (Å²) in [5.74, 6) is 0.0419. The summed E-state index contributed by atoms with van der Waals surface area (Å²) in [5.41, 5.74) is 8.03. The first-order valence-electron chi connectivity index (χ1n) is 5.58. The van der Waals surface area contributed by atoms with E-state index in [1.165, 1.54) is 0 Å². The van der Waals surface area contributed by atoms with Crippen LogP contribution >= 0.6 is 0 Å². The standard InChI is InChI=1S/C13H15N5/c1-18(9-10-4-2-3-6-17-10)12-8-16-7-5-11(12)13(14)15/h2-8H,9H2,1H3,(H3,14,15). The van der Waals surface area contributed by atoms with Crippen LogP contribution in [0, 0.1) is 5.41 Å². The summed E-state index contributed by atoms with van der Waals surface area (Å²) in [6.45, 7) is 0.646. The van der Waals surface area contributed by atoms with Gasteiger partial charge in [-0.3, -0.25) is 15.4 Å². The number of aromatic nitrogens is 2. The Morgan fingerprint density at radius 1 is 1.33 bits per heavy atom. The van der Waals surface area contributed by atoms with Crippen LogP contribution in [-0.4, -0.2) is 22.9 Å². The number of nitrogens with one attached hydrogen (secondary N) is 1. The second kappa shape index (κ2) is 5.27. The summed E-state index contributed by atoms with van der Waals surface area (Å²) in [4.78, 5) is 10.3. The summed E-state index contributed by atoms with van der Waals surface area (Å²) in [6.07, 6.45) is 5.10. The zero-order valence-corrected chi connectivity index (χ0v) is 10.2. The highest BCUT2D eigenvalue weighted by Crippen LogP contribution is 2.18. The molecule has 0 aliphatic heterocycles. The average molecular weight is 241 g/mol. The van der Waals surface area contributed by atoms with E-state index in [2.05, 4.69) is 9.97 Å². The first-order valence-corrected chi connectivity index (χ1v) is 5.58. The minimum atomic E-state index is 0.0419. The Hall–Kier alpha value is -2.43. The van der Waals surface area contributed by atoms with Crippen LogP contribution in [0.25, 0.3) is 0 Å². The maximum atomic E-state index is 7.56. The van der Waals surface area contributed by atoms with Gasteiger partial charge >= 0.3 is 0 Å². The van der Waals surface area contributed by atoms with Crippen molar-refractivity contribution in [3.63, 3.8) is 0 Å². The van der Waals surface area contributed by atoms with Crippen LogP contribution in [0.5, 0.6) is 0 Å². The number of nitrogen functional groups attached to an aromatic ring is 1. The first kappa shape index (κ1) is 12.0. The van der Waals surface area contributed by atoms with Crippen molar-refractivity contribution < 1.29 is 0 Å². The van der Waals surface area contributed by atoms with E-state index in [0.29, 0.717) is 12.1 Å². The summed E-state index contributed by atoms with van der Waals surface area (Å²) in [7, 11) is 1.93. The molecule has 0 aliphatic carbocycles. The summed E-state index contributed by atoms with van der Waals surface area (Å²) in [5, 5.41) is 7.56. The molecule has 0 aliphatic rings. The molecule has 0 unspecified atom stereocenters. The van der Waals surface area contributed by atoms with E-state index < -0.39 is 0 Å². The maximum absolute atomic E-state index is 7.56. The Bertz CT molecular complexity index is 538. The van der Waals surface area contributed by atoms with Crippen molar-refractivity contribution in [3.8, 4) is 0 Å². The molecule has 2 rings (SSSR count). The molecule has 0 saturated heterocycles. The van der Waals surface area contributed by atoms with E-state index in [1.807, 2.05) is 30.1 Å². The number of hydrogen-bond acceptors (Lipinski definition) is 4. The van der Waals surface area contributed by atoms with Gasteiger partial charge in [-0.1, -0.05) is 6.07 Å². The van der Waals surface area contributed by atoms with Crippen molar-refractivity contribution in [2.45, 2.75) is 6.54 Å². The molecule has 0 amide bonds. The maximum Gasteiger partial charge on any atom is 0.125 e. The predicted octanol–water partition coefficient (Wildman–Crippen LogP) is 1.40. The molecule has 2 aromatic rings. The monoisotopic (exact) mass is 241 g/mol. The molecule has 0 spiro atoms. The third-order valence-corrected chi connectivity index (χ3v) is 2.63. The third kappa shape index (κ3) is 2.63. The molecule has 5 nitrogen and oxygen atoms in total. The molecule has 18 heavy (non-hydrogen) atoms. The summed E-state index contributed by atoms with van der Waals surface area (Å²) in [6, 6.07) is 7.53. The normalized spacial score (nSPS) is 10.1. The van der Waals surface area contributed by atoms with Crippen LogP contribution in [0.1, 0.15) is 11.3 Å². The fourth-order valence-corrected chi connectivity index (χ4v) is 1.74. The second-order valence-electron chi connectivity index (χ2n) is 3.98. The largest absolute Gasteiger partial charge is 0.384 e. The highest BCUT2D eigenvalue weighted by atomic mass is 15.1. The summed E-state index contributed by atoms with van der Waals surface area (Å²) < 4.78 is 0. The minimum absolute atomic E-state index is 0.0419.